The summed E-state index contributed by atoms with van der Waals surface area (Å²) in [5.41, 5.74) is 7.84. The van der Waals surface area contributed by atoms with Gasteiger partial charge in [-0.3, -0.25) is 14.4 Å². The van der Waals surface area contributed by atoms with Crippen molar-refractivity contribution in [3.63, 3.8) is 0 Å². The molecule has 2 amide bonds. The summed E-state index contributed by atoms with van der Waals surface area (Å²) in [5, 5.41) is 13.1. The molecular formula is C44H45N5O11. The molecule has 16 nitrogen and oxygen atoms in total. The molecule has 2 atom stereocenters. The molecule has 2 heterocycles. The van der Waals surface area contributed by atoms with E-state index >= 15 is 0 Å². The Labute approximate surface area is 345 Å². The number of hydrogen-bond acceptors (Lipinski definition) is 13. The van der Waals surface area contributed by atoms with Gasteiger partial charge in [0.25, 0.3) is 5.91 Å². The fraction of sp³-hybridized carbons (Fsp3) is 0.295. The van der Waals surface area contributed by atoms with E-state index < -0.39 is 60.8 Å². The van der Waals surface area contributed by atoms with Gasteiger partial charge >= 0.3 is 24.0 Å². The molecule has 1 aliphatic rings. The zero-order valence-electron chi connectivity index (χ0n) is 33.5. The van der Waals surface area contributed by atoms with E-state index in [4.69, 9.17) is 24.7 Å². The lowest BCUT2D eigenvalue weighted by atomic mass is 9.89. The van der Waals surface area contributed by atoms with Gasteiger partial charge in [-0.25, -0.2) is 24.4 Å². The minimum Gasteiger partial charge on any atom is -0.425 e. The number of ether oxygens (including phenoxy) is 4. The van der Waals surface area contributed by atoms with Crippen molar-refractivity contribution >= 4 is 47.6 Å². The number of amides is 2. The smallest absolute Gasteiger partial charge is 0.425 e. The summed E-state index contributed by atoms with van der Waals surface area (Å²) >= 11 is 0. The Bertz CT molecular complexity index is 2310. The predicted molar refractivity (Wildman–Crippen MR) is 217 cm³/mol. The third kappa shape index (κ3) is 11.8. The number of aliphatic hydroxyl groups is 1. The Balaban J connectivity index is 1.39. The normalized spacial score (nSPS) is 13.4. The summed E-state index contributed by atoms with van der Waals surface area (Å²) in [5.74, 6) is -3.68. The second-order valence-corrected chi connectivity index (χ2v) is 14.1. The molecule has 0 saturated heterocycles. The van der Waals surface area contributed by atoms with Crippen molar-refractivity contribution in [2.24, 2.45) is 22.6 Å². The molecule has 16 heteroatoms. The maximum absolute atomic E-state index is 14.2. The molecule has 2 unspecified atom stereocenters. The predicted octanol–water partition coefficient (Wildman–Crippen LogP) is 5.59. The number of hydrogen-bond donors (Lipinski definition) is 3. The number of pyridine rings is 2. The first kappa shape index (κ1) is 44.0. The first-order valence-corrected chi connectivity index (χ1v) is 19.1. The highest BCUT2D eigenvalue weighted by Gasteiger charge is 2.28. The number of benzene rings is 2. The Morgan fingerprint density at radius 1 is 0.883 bits per heavy atom. The number of nitrogens with two attached hydrogens (primary N) is 1. The molecule has 4 aromatic rings. The molecule has 0 bridgehead atoms. The summed E-state index contributed by atoms with van der Waals surface area (Å²) in [6.45, 7) is 9.77. The molecule has 2 aromatic heterocycles. The average Bonchev–Trinajstić information content (AvgIpc) is 4.07. The van der Waals surface area contributed by atoms with Crippen molar-refractivity contribution in [3.8, 4) is 11.1 Å². The van der Waals surface area contributed by atoms with Gasteiger partial charge in [-0.15, -0.1) is 0 Å². The van der Waals surface area contributed by atoms with Crippen LogP contribution in [-0.2, 0) is 36.8 Å². The molecule has 1 fully saturated rings. The van der Waals surface area contributed by atoms with E-state index in [0.717, 1.165) is 12.8 Å². The molecule has 60 heavy (non-hydrogen) atoms. The number of aromatic nitrogens is 2. The number of carbonyl (C=O) groups is 6. The Morgan fingerprint density at radius 2 is 1.58 bits per heavy atom. The Morgan fingerprint density at radius 3 is 2.22 bits per heavy atom. The highest BCUT2D eigenvalue weighted by atomic mass is 16.7. The maximum atomic E-state index is 14.2. The summed E-state index contributed by atoms with van der Waals surface area (Å²) < 4.78 is 20.8. The van der Waals surface area contributed by atoms with Crippen LogP contribution in [0.25, 0.3) is 17.2 Å². The van der Waals surface area contributed by atoms with E-state index in [-0.39, 0.29) is 46.0 Å². The van der Waals surface area contributed by atoms with Crippen LogP contribution in [0.2, 0.25) is 0 Å². The van der Waals surface area contributed by atoms with E-state index in [0.29, 0.717) is 34.7 Å². The van der Waals surface area contributed by atoms with Crippen LogP contribution in [0, 0.1) is 11.8 Å². The van der Waals surface area contributed by atoms with E-state index in [9.17, 15) is 33.9 Å². The lowest BCUT2D eigenvalue weighted by molar-refractivity contribution is -0.169. The van der Waals surface area contributed by atoms with Gasteiger partial charge in [0, 0.05) is 49.7 Å². The molecule has 0 aliphatic heterocycles. The monoisotopic (exact) mass is 819 g/mol. The average molecular weight is 820 g/mol. The number of aliphatic hydroxyl groups excluding tert-OH is 1. The number of Topliss-reactive ketones (excluding diaryl/α,β-unsaturated/α-hetero) is 1. The summed E-state index contributed by atoms with van der Waals surface area (Å²) in [6, 6.07) is 16.9. The molecular weight excluding hydrogens is 775 g/mol. The molecule has 5 rings (SSSR count). The van der Waals surface area contributed by atoms with Crippen LogP contribution in [0.3, 0.4) is 0 Å². The van der Waals surface area contributed by atoms with Gasteiger partial charge in [0.15, 0.2) is 11.5 Å². The Kier molecular flexibility index (Phi) is 14.7. The zero-order chi connectivity index (χ0) is 43.5. The van der Waals surface area contributed by atoms with Crippen molar-refractivity contribution in [3.05, 3.63) is 124 Å². The second-order valence-electron chi connectivity index (χ2n) is 14.1. The number of ketones is 1. The first-order valence-electron chi connectivity index (χ1n) is 19.1. The van der Waals surface area contributed by atoms with Crippen LogP contribution in [0.15, 0.2) is 84.5 Å². The standard InChI is InChI=1S/C44H45N5O11/c1-6-29-20-34(37(51)19-27-12-14-30(15-13-27)39(45)49-44(56)60-26(5)58-42(54)36-9-7-8-18-46-36)33(21-31(29)23-50)32-16-17-35(40(52)47-22-28-10-11-28)48-38(32)43(55)59-25(4)57-41(53)24(2)3/h6-9,12-18,20-21,24-26,28,50H,1,10-11,19,22-23H2,2-5H3,(H,47,52)(H2,45,49,56). The summed E-state index contributed by atoms with van der Waals surface area (Å²) in [7, 11) is 0. The quantitative estimate of drug-likeness (QED) is 0.0387. The van der Waals surface area contributed by atoms with Gasteiger partial charge in [-0.05, 0) is 77.4 Å². The van der Waals surface area contributed by atoms with Crippen LogP contribution in [0.5, 0.6) is 0 Å². The summed E-state index contributed by atoms with van der Waals surface area (Å²) in [6.07, 6.45) is 1.02. The van der Waals surface area contributed by atoms with Gasteiger partial charge in [0.05, 0.1) is 12.5 Å². The van der Waals surface area contributed by atoms with Gasteiger partial charge in [-0.2, -0.15) is 4.99 Å². The summed E-state index contributed by atoms with van der Waals surface area (Å²) in [4.78, 5) is 89.9. The number of aliphatic imine (C=N–C) groups is 1. The van der Waals surface area contributed by atoms with E-state index in [1.54, 1.807) is 50.2 Å². The third-order valence-electron chi connectivity index (χ3n) is 9.10. The number of carbonyl (C=O) groups excluding carboxylic acids is 6. The van der Waals surface area contributed by atoms with E-state index in [2.05, 4.69) is 26.9 Å². The van der Waals surface area contributed by atoms with E-state index in [1.165, 1.54) is 56.5 Å². The molecule has 1 saturated carbocycles. The van der Waals surface area contributed by atoms with Crippen molar-refractivity contribution in [2.75, 3.05) is 6.54 Å². The van der Waals surface area contributed by atoms with Crippen LogP contribution < -0.4 is 11.1 Å². The molecule has 0 spiro atoms. The fourth-order valence-electron chi connectivity index (χ4n) is 5.70. The van der Waals surface area contributed by atoms with Crippen molar-refractivity contribution < 1.29 is 52.8 Å². The van der Waals surface area contributed by atoms with Crippen LogP contribution in [0.4, 0.5) is 4.79 Å². The minimum absolute atomic E-state index is 0.0273. The maximum Gasteiger partial charge on any atom is 0.438 e. The first-order chi connectivity index (χ1) is 28.7. The molecule has 1 aliphatic carbocycles. The third-order valence-corrected chi connectivity index (χ3v) is 9.10. The minimum atomic E-state index is -1.31. The Hall–Kier alpha value is -7.07. The molecule has 0 radical (unpaired) electrons. The lowest BCUT2D eigenvalue weighted by Gasteiger charge is -2.19. The van der Waals surface area contributed by atoms with Crippen LogP contribution >= 0.6 is 0 Å². The zero-order valence-corrected chi connectivity index (χ0v) is 33.5. The van der Waals surface area contributed by atoms with Gasteiger partial charge in [-0.1, -0.05) is 56.8 Å². The highest BCUT2D eigenvalue weighted by Crippen LogP contribution is 2.33. The van der Waals surface area contributed by atoms with Gasteiger partial charge in [0.2, 0.25) is 12.6 Å². The number of nitrogens with zero attached hydrogens (tertiary/aromatic N) is 3. The van der Waals surface area contributed by atoms with E-state index in [1.807, 2.05) is 0 Å². The largest absolute Gasteiger partial charge is 0.438 e. The number of amidine groups is 1. The van der Waals surface area contributed by atoms with Crippen molar-refractivity contribution in [1.29, 1.82) is 0 Å². The second kappa shape index (κ2) is 20.1. The molecule has 2 aromatic carbocycles. The highest BCUT2D eigenvalue weighted by molar-refractivity contribution is 6.07. The van der Waals surface area contributed by atoms with Crippen LogP contribution in [-0.4, -0.2) is 75.7 Å². The van der Waals surface area contributed by atoms with Gasteiger partial charge in [0.1, 0.15) is 17.2 Å². The lowest BCUT2D eigenvalue weighted by Crippen LogP contribution is -2.28. The molecule has 312 valence electrons. The van der Waals surface area contributed by atoms with Crippen LogP contribution in [0.1, 0.15) is 105 Å². The van der Waals surface area contributed by atoms with Gasteiger partial charge < -0.3 is 35.1 Å². The number of nitrogens with one attached hydrogen (secondary N) is 1. The van der Waals surface area contributed by atoms with Crippen molar-refractivity contribution in [2.45, 2.75) is 66.1 Å². The number of esters is 3. The molecule has 4 N–H and O–H groups in total. The fourth-order valence-corrected chi connectivity index (χ4v) is 5.70. The number of rotatable bonds is 17. The van der Waals surface area contributed by atoms with Crippen molar-refractivity contribution in [1.82, 2.24) is 15.3 Å². The SMILES string of the molecule is C=Cc1cc(C(=O)Cc2ccc(C(N)=NC(=O)OC(C)OC(=O)c3ccccn3)cc2)c(-c2ccc(C(=O)NCC3CC3)nc2C(=O)OC(C)OC(=O)C(C)C)cc1CO. The topological polar surface area (TPSA) is 236 Å².